The van der Waals surface area contributed by atoms with Crippen LogP contribution >= 0.6 is 0 Å². The van der Waals surface area contributed by atoms with Gasteiger partial charge in [-0.1, -0.05) is 0 Å². The molecule has 1 aromatic rings. The highest BCUT2D eigenvalue weighted by molar-refractivity contribution is 5.76. The molecule has 0 aromatic carbocycles. The molecule has 1 amide bonds. The molecule has 1 aliphatic heterocycles. The van der Waals surface area contributed by atoms with E-state index in [1.54, 1.807) is 33.5 Å². The monoisotopic (exact) mass is 325 g/mol. The molecule has 6 nitrogen and oxygen atoms in total. The van der Waals surface area contributed by atoms with E-state index >= 15 is 0 Å². The topological polar surface area (TPSA) is 54.9 Å². The van der Waals surface area contributed by atoms with E-state index in [9.17, 15) is 9.18 Å². The van der Waals surface area contributed by atoms with Gasteiger partial charge in [0.05, 0.1) is 25.3 Å². The van der Waals surface area contributed by atoms with Crippen molar-refractivity contribution in [1.82, 2.24) is 14.8 Å². The van der Waals surface area contributed by atoms with Crippen LogP contribution in [0, 0.1) is 5.82 Å². The molecule has 0 radical (unpaired) electrons. The molecule has 0 spiro atoms. The number of halogens is 1. The standard InChI is InChI=1S/C16H24FN3O3/c1-19(2)15(21)9-16(22-3)11-20(7-8-23-12-16)10-14-13(17)5-4-6-18-14/h4-6H,7-12H2,1-3H3/t16-/m0/s1. The highest BCUT2D eigenvalue weighted by Gasteiger charge is 2.37. The van der Waals surface area contributed by atoms with Crippen molar-refractivity contribution in [3.05, 3.63) is 29.8 Å². The average Bonchev–Trinajstić information content (AvgIpc) is 2.72. The first-order chi connectivity index (χ1) is 11.0. The first-order valence-corrected chi connectivity index (χ1v) is 7.60. The number of nitrogens with zero attached hydrogens (tertiary/aromatic N) is 3. The molecule has 0 N–H and O–H groups in total. The number of pyridine rings is 1. The number of rotatable bonds is 5. The van der Waals surface area contributed by atoms with E-state index in [1.807, 2.05) is 4.90 Å². The van der Waals surface area contributed by atoms with Crippen molar-refractivity contribution in [3.8, 4) is 0 Å². The van der Waals surface area contributed by atoms with Gasteiger partial charge in [0, 0.05) is 47.0 Å². The predicted molar refractivity (Wildman–Crippen MR) is 83.3 cm³/mol. The molecule has 0 bridgehead atoms. The zero-order valence-electron chi connectivity index (χ0n) is 13.9. The lowest BCUT2D eigenvalue weighted by atomic mass is 9.98. The molecule has 0 aliphatic carbocycles. The lowest BCUT2D eigenvalue weighted by Gasteiger charge is -2.34. The summed E-state index contributed by atoms with van der Waals surface area (Å²) in [6.07, 6.45) is 1.80. The van der Waals surface area contributed by atoms with Gasteiger partial charge < -0.3 is 14.4 Å². The Hall–Kier alpha value is -1.57. The number of hydrogen-bond donors (Lipinski definition) is 0. The van der Waals surface area contributed by atoms with E-state index < -0.39 is 5.60 Å². The van der Waals surface area contributed by atoms with Crippen LogP contribution in [0.2, 0.25) is 0 Å². The van der Waals surface area contributed by atoms with Crippen LogP contribution in [-0.4, -0.2) is 73.8 Å². The lowest BCUT2D eigenvalue weighted by Crippen LogP contribution is -2.48. The Bertz CT molecular complexity index is 541. The van der Waals surface area contributed by atoms with Gasteiger partial charge in [-0.15, -0.1) is 0 Å². The van der Waals surface area contributed by atoms with Gasteiger partial charge in [-0.3, -0.25) is 14.7 Å². The van der Waals surface area contributed by atoms with Crippen LogP contribution in [-0.2, 0) is 20.8 Å². The van der Waals surface area contributed by atoms with Crippen LogP contribution < -0.4 is 0 Å². The Labute approximate surface area is 136 Å². The lowest BCUT2D eigenvalue weighted by molar-refractivity contribution is -0.139. The maximum absolute atomic E-state index is 13.8. The Morgan fingerprint density at radius 2 is 2.35 bits per heavy atom. The van der Waals surface area contributed by atoms with Gasteiger partial charge in [-0.05, 0) is 12.1 Å². The summed E-state index contributed by atoms with van der Waals surface area (Å²) in [4.78, 5) is 19.8. The first kappa shape index (κ1) is 17.8. The maximum atomic E-state index is 13.8. The largest absolute Gasteiger partial charge is 0.377 e. The Kier molecular flexibility index (Phi) is 6.04. The van der Waals surface area contributed by atoms with E-state index in [-0.39, 0.29) is 18.1 Å². The van der Waals surface area contributed by atoms with Crippen LogP contribution in [0.3, 0.4) is 0 Å². The fourth-order valence-corrected chi connectivity index (χ4v) is 2.60. The van der Waals surface area contributed by atoms with Gasteiger partial charge in [-0.2, -0.15) is 0 Å². The minimum atomic E-state index is -0.733. The van der Waals surface area contributed by atoms with Gasteiger partial charge in [-0.25, -0.2) is 4.39 Å². The third-order valence-corrected chi connectivity index (χ3v) is 4.04. The molecule has 1 atom stereocenters. The van der Waals surface area contributed by atoms with Gasteiger partial charge in [0.25, 0.3) is 0 Å². The summed E-state index contributed by atoms with van der Waals surface area (Å²) in [6, 6.07) is 2.97. The van der Waals surface area contributed by atoms with E-state index in [0.29, 0.717) is 38.5 Å². The van der Waals surface area contributed by atoms with E-state index in [2.05, 4.69) is 4.98 Å². The fourth-order valence-electron chi connectivity index (χ4n) is 2.60. The third kappa shape index (κ3) is 4.70. The van der Waals surface area contributed by atoms with Gasteiger partial charge in [0.2, 0.25) is 5.91 Å². The third-order valence-electron chi connectivity index (χ3n) is 4.04. The van der Waals surface area contributed by atoms with Crippen molar-refractivity contribution < 1.29 is 18.7 Å². The summed E-state index contributed by atoms with van der Waals surface area (Å²) in [6.45, 7) is 2.33. The highest BCUT2D eigenvalue weighted by Crippen LogP contribution is 2.23. The Morgan fingerprint density at radius 1 is 1.57 bits per heavy atom. The molecule has 0 saturated carbocycles. The second-order valence-corrected chi connectivity index (χ2v) is 6.05. The van der Waals surface area contributed by atoms with Crippen LogP contribution in [0.4, 0.5) is 4.39 Å². The summed E-state index contributed by atoms with van der Waals surface area (Å²) in [5.41, 5.74) is -0.346. The summed E-state index contributed by atoms with van der Waals surface area (Å²) >= 11 is 0. The smallest absolute Gasteiger partial charge is 0.225 e. The van der Waals surface area contributed by atoms with Crippen molar-refractivity contribution in [1.29, 1.82) is 0 Å². The average molecular weight is 325 g/mol. The van der Waals surface area contributed by atoms with Gasteiger partial charge in [0.1, 0.15) is 11.4 Å². The second-order valence-electron chi connectivity index (χ2n) is 6.05. The number of hydrogen-bond acceptors (Lipinski definition) is 5. The van der Waals surface area contributed by atoms with E-state index in [0.717, 1.165) is 0 Å². The number of carbonyl (C=O) groups excluding carboxylic acids is 1. The molecular formula is C16H24FN3O3. The van der Waals surface area contributed by atoms with Crippen LogP contribution in [0.25, 0.3) is 0 Å². The summed E-state index contributed by atoms with van der Waals surface area (Å²) in [5.74, 6) is -0.355. The Morgan fingerprint density at radius 3 is 3.00 bits per heavy atom. The van der Waals surface area contributed by atoms with Crippen molar-refractivity contribution >= 4 is 5.91 Å². The SMILES string of the molecule is CO[C@]1(CC(=O)N(C)C)COCCN(Cc2ncccc2F)C1. The number of aromatic nitrogens is 1. The van der Waals surface area contributed by atoms with Crippen molar-refractivity contribution in [2.24, 2.45) is 0 Å². The molecule has 2 heterocycles. The van der Waals surface area contributed by atoms with Gasteiger partial charge >= 0.3 is 0 Å². The molecule has 1 fully saturated rings. The molecule has 7 heteroatoms. The van der Waals surface area contributed by atoms with Crippen molar-refractivity contribution in [2.45, 2.75) is 18.6 Å². The molecule has 1 saturated heterocycles. The molecule has 2 rings (SSSR count). The van der Waals surface area contributed by atoms with E-state index in [4.69, 9.17) is 9.47 Å². The minimum absolute atomic E-state index is 0.0266. The van der Waals surface area contributed by atoms with E-state index in [1.165, 1.54) is 11.0 Å². The Balaban J connectivity index is 2.12. The second kappa shape index (κ2) is 7.81. The summed E-state index contributed by atoms with van der Waals surface area (Å²) in [5, 5.41) is 0. The molecule has 128 valence electrons. The zero-order chi connectivity index (χ0) is 16.9. The summed E-state index contributed by atoms with van der Waals surface area (Å²) in [7, 11) is 5.01. The number of ether oxygens (including phenoxy) is 2. The molecule has 23 heavy (non-hydrogen) atoms. The highest BCUT2D eigenvalue weighted by atomic mass is 19.1. The number of amides is 1. The number of carbonyl (C=O) groups is 1. The molecule has 0 unspecified atom stereocenters. The zero-order valence-corrected chi connectivity index (χ0v) is 13.9. The normalized spacial score (nSPS) is 22.6. The van der Waals surface area contributed by atoms with Crippen molar-refractivity contribution in [2.75, 3.05) is 47.5 Å². The molecular weight excluding hydrogens is 301 g/mol. The van der Waals surface area contributed by atoms with Crippen LogP contribution in [0.1, 0.15) is 12.1 Å². The first-order valence-electron chi connectivity index (χ1n) is 7.60. The number of methoxy groups -OCH3 is 1. The van der Waals surface area contributed by atoms with Gasteiger partial charge in [0.15, 0.2) is 0 Å². The molecule has 1 aliphatic rings. The fraction of sp³-hybridized carbons (Fsp3) is 0.625. The molecule has 1 aromatic heterocycles. The maximum Gasteiger partial charge on any atom is 0.225 e. The predicted octanol–water partition coefficient (Wildman–Crippen LogP) is 0.916. The van der Waals surface area contributed by atoms with Crippen molar-refractivity contribution in [3.63, 3.8) is 0 Å². The van der Waals surface area contributed by atoms with Crippen LogP contribution in [0.5, 0.6) is 0 Å². The quantitative estimate of drug-likeness (QED) is 0.806. The van der Waals surface area contributed by atoms with Crippen LogP contribution in [0.15, 0.2) is 18.3 Å². The summed E-state index contributed by atoms with van der Waals surface area (Å²) < 4.78 is 25.1. The minimum Gasteiger partial charge on any atom is -0.377 e.